The Morgan fingerprint density at radius 2 is 1.92 bits per heavy atom. The summed E-state index contributed by atoms with van der Waals surface area (Å²) in [4.78, 5) is 16.5. The Morgan fingerprint density at radius 3 is 2.65 bits per heavy atom. The lowest BCUT2D eigenvalue weighted by atomic mass is 10.1. The maximum atomic E-state index is 11.9. The Hall–Kier alpha value is -2.73. The third kappa shape index (κ3) is 3.08. The maximum Gasteiger partial charge on any atom is 0.319 e. The quantitative estimate of drug-likeness (QED) is 0.640. The molecule has 1 aliphatic heterocycles. The number of carbonyl (C=O) groups excluding carboxylic acids is 1. The van der Waals surface area contributed by atoms with Gasteiger partial charge in [-0.3, -0.25) is 9.36 Å². The average Bonchev–Trinajstić information content (AvgIpc) is 3.29. The van der Waals surface area contributed by atoms with E-state index in [1.807, 2.05) is 65.4 Å². The molecule has 3 aromatic rings. The number of benzene rings is 2. The van der Waals surface area contributed by atoms with Crippen LogP contribution >= 0.6 is 11.8 Å². The second kappa shape index (κ2) is 7.25. The van der Waals surface area contributed by atoms with Gasteiger partial charge in [0.25, 0.3) is 0 Å². The number of nitrogens with zero attached hydrogens (tertiary/aromatic N) is 2. The number of para-hydroxylation sites is 2. The molecule has 5 nitrogen and oxygen atoms in total. The molecule has 0 saturated carbocycles. The zero-order valence-electron chi connectivity index (χ0n) is 14.3. The van der Waals surface area contributed by atoms with E-state index in [0.29, 0.717) is 13.0 Å². The molecule has 0 radical (unpaired) electrons. The van der Waals surface area contributed by atoms with Crippen LogP contribution < -0.4 is 4.74 Å². The van der Waals surface area contributed by atoms with E-state index in [1.165, 1.54) is 11.8 Å². The Bertz CT molecular complexity index is 924. The first-order valence-electron chi connectivity index (χ1n) is 8.38. The number of thioether (sulfide) groups is 1. The number of hydrogen-bond acceptors (Lipinski definition) is 5. The van der Waals surface area contributed by atoms with Gasteiger partial charge in [-0.1, -0.05) is 54.2 Å². The van der Waals surface area contributed by atoms with Crippen LogP contribution in [0.15, 0.2) is 66.0 Å². The van der Waals surface area contributed by atoms with Crippen molar-refractivity contribution < 1.29 is 14.3 Å². The van der Waals surface area contributed by atoms with Gasteiger partial charge in [-0.2, -0.15) is 0 Å². The average molecular weight is 366 g/mol. The first kappa shape index (κ1) is 16.7. The number of hydrogen-bond donors (Lipinski definition) is 0. The van der Waals surface area contributed by atoms with E-state index in [4.69, 9.17) is 9.47 Å². The molecular weight excluding hydrogens is 348 g/mol. The minimum absolute atomic E-state index is 0.175. The Kier molecular flexibility index (Phi) is 4.67. The van der Waals surface area contributed by atoms with Crippen LogP contribution in [0.1, 0.15) is 6.42 Å². The van der Waals surface area contributed by atoms with E-state index < -0.39 is 0 Å². The molecule has 6 heteroatoms. The zero-order chi connectivity index (χ0) is 17.9. The molecular formula is C20H18N2O3S. The second-order valence-corrected chi connectivity index (χ2v) is 7.03. The number of ether oxygens (including phenoxy) is 2. The summed E-state index contributed by atoms with van der Waals surface area (Å²) in [6.07, 6.45) is 2.54. The van der Waals surface area contributed by atoms with Crippen LogP contribution in [-0.2, 0) is 9.53 Å². The van der Waals surface area contributed by atoms with Gasteiger partial charge in [-0.25, -0.2) is 4.98 Å². The van der Waals surface area contributed by atoms with E-state index in [2.05, 4.69) is 4.98 Å². The van der Waals surface area contributed by atoms with Gasteiger partial charge in [0, 0.05) is 12.0 Å². The van der Waals surface area contributed by atoms with E-state index in [-0.39, 0.29) is 11.2 Å². The summed E-state index contributed by atoms with van der Waals surface area (Å²) in [5.74, 6) is 0.573. The number of esters is 1. The molecule has 1 aliphatic rings. The summed E-state index contributed by atoms with van der Waals surface area (Å²) < 4.78 is 12.7. The molecule has 26 heavy (non-hydrogen) atoms. The maximum absolute atomic E-state index is 11.9. The molecule has 1 saturated heterocycles. The van der Waals surface area contributed by atoms with Crippen LogP contribution in [0.3, 0.4) is 0 Å². The van der Waals surface area contributed by atoms with Crippen molar-refractivity contribution >= 4 is 17.7 Å². The van der Waals surface area contributed by atoms with Gasteiger partial charge >= 0.3 is 5.97 Å². The van der Waals surface area contributed by atoms with Crippen molar-refractivity contribution in [3.63, 3.8) is 0 Å². The van der Waals surface area contributed by atoms with Crippen LogP contribution in [-0.4, -0.2) is 34.5 Å². The summed E-state index contributed by atoms with van der Waals surface area (Å²) in [6, 6.07) is 17.9. The lowest BCUT2D eigenvalue weighted by Gasteiger charge is -2.16. The predicted octanol–water partition coefficient (Wildman–Crippen LogP) is 3.96. The van der Waals surface area contributed by atoms with Gasteiger partial charge < -0.3 is 9.47 Å². The fourth-order valence-corrected chi connectivity index (χ4v) is 4.04. The Balaban J connectivity index is 1.85. The molecule has 0 bridgehead atoms. The van der Waals surface area contributed by atoms with Crippen molar-refractivity contribution in [2.75, 3.05) is 13.7 Å². The lowest BCUT2D eigenvalue weighted by molar-refractivity contribution is -0.137. The summed E-state index contributed by atoms with van der Waals surface area (Å²) >= 11 is 1.44. The van der Waals surface area contributed by atoms with Gasteiger partial charge in [0.05, 0.1) is 31.3 Å². The number of carbonyl (C=O) groups is 1. The van der Waals surface area contributed by atoms with Crippen molar-refractivity contribution in [2.24, 2.45) is 0 Å². The summed E-state index contributed by atoms with van der Waals surface area (Å²) in [5, 5.41) is 0.520. The first-order chi connectivity index (χ1) is 12.8. The highest BCUT2D eigenvalue weighted by atomic mass is 32.2. The Morgan fingerprint density at radius 1 is 1.15 bits per heavy atom. The molecule has 0 spiro atoms. The molecule has 132 valence electrons. The fourth-order valence-electron chi connectivity index (χ4n) is 2.99. The molecule has 2 heterocycles. The molecule has 1 unspecified atom stereocenters. The highest BCUT2D eigenvalue weighted by Crippen LogP contribution is 2.36. The fraction of sp³-hybridized carbons (Fsp3) is 0.200. The molecule has 2 aromatic carbocycles. The van der Waals surface area contributed by atoms with Crippen LogP contribution in [0.4, 0.5) is 0 Å². The molecule has 0 N–H and O–H groups in total. The number of cyclic esters (lactones) is 1. The molecule has 0 amide bonds. The van der Waals surface area contributed by atoms with Gasteiger partial charge in [-0.05, 0) is 12.1 Å². The number of aromatic nitrogens is 2. The van der Waals surface area contributed by atoms with Gasteiger partial charge in [-0.15, -0.1) is 0 Å². The van der Waals surface area contributed by atoms with E-state index in [0.717, 1.165) is 27.9 Å². The van der Waals surface area contributed by atoms with E-state index in [1.54, 1.807) is 7.11 Å². The Labute approximate surface area is 156 Å². The zero-order valence-corrected chi connectivity index (χ0v) is 15.1. The first-order valence-corrected chi connectivity index (χ1v) is 9.26. The molecule has 1 fully saturated rings. The van der Waals surface area contributed by atoms with Crippen LogP contribution in [0.25, 0.3) is 16.9 Å². The third-order valence-electron chi connectivity index (χ3n) is 4.26. The van der Waals surface area contributed by atoms with E-state index in [9.17, 15) is 4.79 Å². The van der Waals surface area contributed by atoms with Crippen molar-refractivity contribution in [2.45, 2.75) is 16.8 Å². The second-order valence-electron chi connectivity index (χ2n) is 5.86. The van der Waals surface area contributed by atoms with Gasteiger partial charge in [0.2, 0.25) is 0 Å². The van der Waals surface area contributed by atoms with Crippen LogP contribution in [0, 0.1) is 0 Å². The van der Waals surface area contributed by atoms with Crippen molar-refractivity contribution in [1.82, 2.24) is 9.55 Å². The highest BCUT2D eigenvalue weighted by Gasteiger charge is 2.30. The third-order valence-corrected chi connectivity index (χ3v) is 5.47. The van der Waals surface area contributed by atoms with Gasteiger partial charge in [0.1, 0.15) is 11.0 Å². The molecule has 4 rings (SSSR count). The molecule has 1 atom stereocenters. The van der Waals surface area contributed by atoms with Crippen molar-refractivity contribution in [3.8, 4) is 22.7 Å². The number of methoxy groups -OCH3 is 1. The normalized spacial score (nSPS) is 16.5. The predicted molar refractivity (Wildman–Crippen MR) is 101 cm³/mol. The summed E-state index contributed by atoms with van der Waals surface area (Å²) in [7, 11) is 1.65. The van der Waals surface area contributed by atoms with Crippen molar-refractivity contribution in [1.29, 1.82) is 0 Å². The monoisotopic (exact) mass is 366 g/mol. The smallest absolute Gasteiger partial charge is 0.319 e. The topological polar surface area (TPSA) is 53.4 Å². The standard InChI is InChI=1S/C20H18N2O3S/c1-24-17-10-6-5-9-15(17)22-16(14-7-3-2-4-8-14)13-21-20(22)26-18-11-12-25-19(18)23/h2-10,13,18H,11-12H2,1H3. The van der Waals surface area contributed by atoms with Crippen LogP contribution in [0.2, 0.25) is 0 Å². The largest absolute Gasteiger partial charge is 0.495 e. The summed E-state index contributed by atoms with van der Waals surface area (Å²) in [6.45, 7) is 0.470. The minimum Gasteiger partial charge on any atom is -0.495 e. The minimum atomic E-state index is -0.227. The molecule has 0 aliphatic carbocycles. The number of imidazole rings is 1. The lowest BCUT2D eigenvalue weighted by Crippen LogP contribution is -2.11. The van der Waals surface area contributed by atoms with E-state index >= 15 is 0 Å². The van der Waals surface area contributed by atoms with Crippen LogP contribution in [0.5, 0.6) is 5.75 Å². The SMILES string of the molecule is COc1ccccc1-n1c(-c2ccccc2)cnc1SC1CCOC1=O. The molecule has 1 aromatic heterocycles. The summed E-state index contributed by atoms with van der Waals surface area (Å²) in [5.41, 5.74) is 2.89. The van der Waals surface area contributed by atoms with Crippen molar-refractivity contribution in [3.05, 3.63) is 60.8 Å². The highest BCUT2D eigenvalue weighted by molar-refractivity contribution is 8.00. The van der Waals surface area contributed by atoms with Gasteiger partial charge in [0.15, 0.2) is 5.16 Å². The number of rotatable bonds is 5.